The molecule has 9 N–H and O–H groups in total. The molecule has 2 fully saturated rings. The number of hydrogen-bond acceptors (Lipinski definition) is 10. The summed E-state index contributed by atoms with van der Waals surface area (Å²) in [5.41, 5.74) is 17.6. The predicted octanol–water partition coefficient (Wildman–Crippen LogP) is 4.76. The Morgan fingerprint density at radius 2 is 1.09 bits per heavy atom. The number of likely N-dealkylation sites (N-methyl/N-ethyl adjacent to an activating group) is 1. The van der Waals surface area contributed by atoms with E-state index in [2.05, 4.69) is 45.0 Å². The zero-order chi connectivity index (χ0) is 40.3. The number of benzene rings is 4. The molecule has 4 aromatic heterocycles. The Morgan fingerprint density at radius 3 is 1.55 bits per heavy atom. The van der Waals surface area contributed by atoms with Gasteiger partial charge in [0.1, 0.15) is 34.4 Å². The molecule has 4 aromatic carbocycles. The zero-order valence-electron chi connectivity index (χ0n) is 31.5. The van der Waals surface area contributed by atoms with Crippen LogP contribution in [0.15, 0.2) is 82.4 Å². The van der Waals surface area contributed by atoms with Crippen LogP contribution in [0.2, 0.25) is 0 Å². The van der Waals surface area contributed by atoms with E-state index >= 15 is 0 Å². The normalized spacial score (nSPS) is 15.7. The first-order chi connectivity index (χ1) is 27.9. The summed E-state index contributed by atoms with van der Waals surface area (Å²) >= 11 is 0. The highest BCUT2D eigenvalue weighted by Gasteiger charge is 2.23. The van der Waals surface area contributed by atoms with E-state index in [0.717, 1.165) is 54.1 Å². The molecule has 0 spiro atoms. The van der Waals surface area contributed by atoms with E-state index in [0.29, 0.717) is 48.6 Å². The predicted molar refractivity (Wildman–Crippen MR) is 225 cm³/mol. The van der Waals surface area contributed by atoms with Gasteiger partial charge in [-0.15, -0.1) is 0 Å². The summed E-state index contributed by atoms with van der Waals surface area (Å²) in [6.45, 7) is 6.15. The molecule has 2 aliphatic heterocycles. The number of imidazole rings is 2. The average Bonchev–Trinajstić information content (AvgIpc) is 3.82. The monoisotopic (exact) mass is 786 g/mol. The maximum atomic E-state index is 14.3. The fourth-order valence-electron chi connectivity index (χ4n) is 7.83. The topological polar surface area (TPSA) is 217 Å². The van der Waals surface area contributed by atoms with Crippen molar-refractivity contribution in [1.29, 1.82) is 0 Å². The third-order valence-corrected chi connectivity index (χ3v) is 11.0. The van der Waals surface area contributed by atoms with Crippen molar-refractivity contribution in [2.75, 3.05) is 80.7 Å². The van der Waals surface area contributed by atoms with E-state index in [1.807, 2.05) is 36.4 Å². The Balaban J connectivity index is 0.000000151. The molecule has 0 radical (unpaired) electrons. The molecule has 10 rings (SSSR count). The summed E-state index contributed by atoms with van der Waals surface area (Å²) in [7, 11) is 1.69. The number of pyridine rings is 2. The number of nitrogens with zero attached hydrogens (tertiary/aromatic N) is 5. The third kappa shape index (κ3) is 6.63. The number of hydroxylamine groups is 3. The summed E-state index contributed by atoms with van der Waals surface area (Å²) < 4.78 is 28.4. The van der Waals surface area contributed by atoms with Crippen LogP contribution in [0.1, 0.15) is 0 Å². The van der Waals surface area contributed by atoms with E-state index in [9.17, 15) is 23.6 Å². The third-order valence-electron chi connectivity index (χ3n) is 11.0. The van der Waals surface area contributed by atoms with Crippen molar-refractivity contribution in [3.63, 3.8) is 0 Å². The van der Waals surface area contributed by atoms with Crippen LogP contribution in [-0.2, 0) is 0 Å². The van der Waals surface area contributed by atoms with Crippen molar-refractivity contribution in [3.8, 4) is 22.8 Å². The van der Waals surface area contributed by atoms with Gasteiger partial charge in [0.05, 0.1) is 88.5 Å². The minimum absolute atomic E-state index is 0.0506. The second-order valence-electron chi connectivity index (χ2n) is 14.9. The lowest BCUT2D eigenvalue weighted by Crippen LogP contribution is -2.53. The number of quaternary nitrogens is 1. The molecule has 0 atom stereocenters. The molecule has 15 nitrogen and oxygen atoms in total. The Bertz CT molecular complexity index is 2990. The van der Waals surface area contributed by atoms with Gasteiger partial charge in [0.15, 0.2) is 0 Å². The van der Waals surface area contributed by atoms with Gasteiger partial charge in [0, 0.05) is 37.6 Å². The summed E-state index contributed by atoms with van der Waals surface area (Å²) in [5.74, 6) is -0.371. The quantitative estimate of drug-likeness (QED) is 0.0959. The van der Waals surface area contributed by atoms with E-state index in [4.69, 9.17) is 11.5 Å². The van der Waals surface area contributed by atoms with Crippen LogP contribution in [-0.4, -0.2) is 94.0 Å². The number of nitrogens with one attached hydrogen (secondary N) is 5. The second-order valence-corrected chi connectivity index (χ2v) is 14.9. The van der Waals surface area contributed by atoms with Gasteiger partial charge in [-0.2, -0.15) is 0 Å². The van der Waals surface area contributed by atoms with Gasteiger partial charge >= 0.3 is 0 Å². The number of aromatic nitrogens is 6. The van der Waals surface area contributed by atoms with Crippen LogP contribution in [0.3, 0.4) is 0 Å². The number of nitrogen functional groups attached to an aromatic ring is 2. The number of anilines is 4. The number of piperazine rings is 2. The van der Waals surface area contributed by atoms with Gasteiger partial charge in [-0.1, -0.05) is 12.1 Å². The maximum absolute atomic E-state index is 14.3. The van der Waals surface area contributed by atoms with Crippen LogP contribution in [0.4, 0.5) is 31.5 Å². The van der Waals surface area contributed by atoms with E-state index in [1.165, 1.54) is 24.3 Å². The molecule has 0 amide bonds. The van der Waals surface area contributed by atoms with Crippen LogP contribution in [0.5, 0.6) is 0 Å². The zero-order valence-corrected chi connectivity index (χ0v) is 31.5. The number of halogens is 2. The molecular weight excluding hydrogens is 747 g/mol. The summed E-state index contributed by atoms with van der Waals surface area (Å²) in [6.07, 6.45) is 0. The Kier molecular flexibility index (Phi) is 9.06. The molecule has 0 aliphatic carbocycles. The summed E-state index contributed by atoms with van der Waals surface area (Å²) in [6, 6.07) is 20.6. The highest BCUT2D eigenvalue weighted by Crippen LogP contribution is 2.33. The lowest BCUT2D eigenvalue weighted by atomic mass is 10.1. The van der Waals surface area contributed by atoms with Crippen molar-refractivity contribution in [2.45, 2.75) is 0 Å². The summed E-state index contributed by atoms with van der Waals surface area (Å²) in [4.78, 5) is 50.5. The van der Waals surface area contributed by atoms with Gasteiger partial charge in [-0.05, 0) is 60.7 Å². The highest BCUT2D eigenvalue weighted by molar-refractivity contribution is 5.99. The van der Waals surface area contributed by atoms with Gasteiger partial charge in [-0.25, -0.2) is 18.7 Å². The maximum Gasteiger partial charge on any atom is 0.261 e. The first-order valence-electron chi connectivity index (χ1n) is 18.9. The molecule has 2 aliphatic rings. The number of aromatic amines is 4. The van der Waals surface area contributed by atoms with Crippen LogP contribution in [0, 0.1) is 16.8 Å². The van der Waals surface area contributed by atoms with E-state index in [-0.39, 0.29) is 43.7 Å². The fourth-order valence-corrected chi connectivity index (χ4v) is 7.83. The smallest absolute Gasteiger partial charge is 0.261 e. The van der Waals surface area contributed by atoms with Gasteiger partial charge in [0.2, 0.25) is 0 Å². The molecular formula is C41H40F2N12O3. The van der Waals surface area contributed by atoms with Gasteiger partial charge in [-0.3, -0.25) is 9.59 Å². The molecule has 296 valence electrons. The second kappa shape index (κ2) is 14.3. The molecule has 0 unspecified atom stereocenters. The van der Waals surface area contributed by atoms with E-state index in [1.54, 1.807) is 19.2 Å². The van der Waals surface area contributed by atoms with Crippen LogP contribution < -0.4 is 37.7 Å². The Morgan fingerprint density at radius 1 is 0.638 bits per heavy atom. The molecule has 0 bridgehead atoms. The van der Waals surface area contributed by atoms with Crippen molar-refractivity contribution < 1.29 is 13.4 Å². The molecule has 0 saturated carbocycles. The molecule has 8 aromatic rings. The number of H-pyrrole nitrogens is 4. The fraction of sp³-hybridized carbons (Fsp3) is 0.220. The molecule has 58 heavy (non-hydrogen) atoms. The lowest BCUT2D eigenvalue weighted by molar-refractivity contribution is -0.861. The van der Waals surface area contributed by atoms with Crippen molar-refractivity contribution in [1.82, 2.24) is 35.2 Å². The van der Waals surface area contributed by atoms with Gasteiger partial charge < -0.3 is 56.4 Å². The van der Waals surface area contributed by atoms with E-state index < -0.39 is 22.8 Å². The molecule has 2 saturated heterocycles. The van der Waals surface area contributed by atoms with Crippen molar-refractivity contribution >= 4 is 66.6 Å². The lowest BCUT2D eigenvalue weighted by Gasteiger charge is -2.45. The van der Waals surface area contributed by atoms with Crippen molar-refractivity contribution in [2.24, 2.45) is 0 Å². The highest BCUT2D eigenvalue weighted by atomic mass is 19.1. The average molecular weight is 787 g/mol. The minimum Gasteiger partial charge on any atom is -0.633 e. The van der Waals surface area contributed by atoms with Gasteiger partial charge in [0.25, 0.3) is 11.1 Å². The first kappa shape index (κ1) is 36.8. The standard InChI is InChI=1S/C21H21FN6O2.C20H19FN6O/c1-28(30)9-7-27(8-10-28)12-5-6-14-16(11-12)25-20(24-14)18-19(23)17-13(22)3-2-4-15(17)26-21(18)29;21-12-2-1-3-14-16(12)18(22)17(20(28)26-14)19-24-13-5-4-11(10-15(13)25-19)27-8-6-23-7-9-27/h2-6,11H,7-10H2,1H3,(H,24,25)(H3,23,26,29);1-5,10,23H,6-9H2,(H,24,25)(H3,22,26,28). The number of rotatable bonds is 4. The van der Waals surface area contributed by atoms with Crippen molar-refractivity contribution in [3.05, 3.63) is 110 Å². The number of hydrogen-bond donors (Lipinski definition) is 7. The van der Waals surface area contributed by atoms with Crippen LogP contribution in [0.25, 0.3) is 66.6 Å². The number of nitrogens with two attached hydrogens (primary N) is 2. The summed E-state index contributed by atoms with van der Waals surface area (Å²) in [5, 5.41) is 15.8. The minimum atomic E-state index is -0.505. The van der Waals surface area contributed by atoms with Crippen LogP contribution >= 0.6 is 0 Å². The molecule has 17 heteroatoms. The number of fused-ring (bicyclic) bond motifs is 4. The molecule has 6 heterocycles. The first-order valence-corrected chi connectivity index (χ1v) is 18.9. The largest absolute Gasteiger partial charge is 0.633 e. The Labute approximate surface area is 328 Å². The SMILES string of the molecule is C[N+]1([O-])CCN(c2ccc3nc(-c4c(N)c5c(F)cccc5[nH]c4=O)[nH]c3c2)CC1.Nc1c(-c2nc3ccc(N4CCNCC4)cc3[nH]2)c(=O)[nH]c2cccc(F)c12. The Hall–Kier alpha value is -6.82.